The van der Waals surface area contributed by atoms with Crippen molar-refractivity contribution in [3.05, 3.63) is 99.3 Å². The predicted molar refractivity (Wildman–Crippen MR) is 172 cm³/mol. The molecule has 2 aromatic heterocycles. The van der Waals surface area contributed by atoms with Crippen LogP contribution in [0.1, 0.15) is 41.2 Å². The summed E-state index contributed by atoms with van der Waals surface area (Å²) in [4.78, 5) is 56.8. The Bertz CT molecular complexity index is 1590. The number of esters is 1. The third-order valence-electron chi connectivity index (χ3n) is 5.80. The molecule has 0 spiro atoms. The van der Waals surface area contributed by atoms with E-state index in [1.165, 1.54) is 34.4 Å². The molecule has 1 unspecified atom stereocenters. The molecule has 4 aromatic rings. The zero-order chi connectivity index (χ0) is 30.6. The lowest BCUT2D eigenvalue weighted by atomic mass is 10.2. The van der Waals surface area contributed by atoms with Gasteiger partial charge in [0.1, 0.15) is 5.70 Å². The van der Waals surface area contributed by atoms with Gasteiger partial charge in [-0.15, -0.1) is 34.4 Å². The Labute approximate surface area is 261 Å². The van der Waals surface area contributed by atoms with Crippen LogP contribution in [0.3, 0.4) is 0 Å². The lowest BCUT2D eigenvalue weighted by Gasteiger charge is -2.15. The van der Waals surface area contributed by atoms with Crippen LogP contribution >= 0.6 is 34.4 Å². The van der Waals surface area contributed by atoms with Gasteiger partial charge in [-0.2, -0.15) is 0 Å². The molecular weight excluding hydrogens is 605 g/mol. The van der Waals surface area contributed by atoms with Crippen molar-refractivity contribution in [2.75, 3.05) is 17.2 Å². The van der Waals surface area contributed by atoms with E-state index >= 15 is 0 Å². The van der Waals surface area contributed by atoms with Crippen molar-refractivity contribution in [3.8, 4) is 0 Å². The minimum Gasteiger partial charge on any atom is -0.466 e. The molecular formula is C31H30N4O5S3. The van der Waals surface area contributed by atoms with E-state index in [2.05, 4.69) is 20.9 Å². The first-order chi connectivity index (χ1) is 20.8. The molecule has 3 amide bonds. The number of thiazole rings is 1. The monoisotopic (exact) mass is 634 g/mol. The molecule has 12 heteroatoms. The number of ether oxygens (including phenoxy) is 1. The summed E-state index contributed by atoms with van der Waals surface area (Å²) in [6, 6.07) is 19.6. The number of aromatic nitrogens is 1. The molecule has 0 saturated carbocycles. The molecule has 0 radical (unpaired) electrons. The fraction of sp³-hybridized carbons (Fsp3) is 0.194. The number of anilines is 2. The maximum absolute atomic E-state index is 13.3. The second-order valence-electron chi connectivity index (χ2n) is 9.01. The first-order valence-corrected chi connectivity index (χ1v) is 16.1. The molecule has 0 aliphatic carbocycles. The average Bonchev–Trinajstić information content (AvgIpc) is 3.68. The third kappa shape index (κ3) is 9.63. The van der Waals surface area contributed by atoms with Crippen molar-refractivity contribution >= 4 is 75.0 Å². The predicted octanol–water partition coefficient (Wildman–Crippen LogP) is 6.23. The molecule has 0 saturated heterocycles. The second-order valence-corrected chi connectivity index (χ2v) is 12.1. The summed E-state index contributed by atoms with van der Waals surface area (Å²) in [7, 11) is 0. The Morgan fingerprint density at radius 1 is 0.977 bits per heavy atom. The number of benzene rings is 2. The van der Waals surface area contributed by atoms with Gasteiger partial charge in [0, 0.05) is 26.4 Å². The van der Waals surface area contributed by atoms with Gasteiger partial charge in [-0.05, 0) is 61.2 Å². The molecule has 0 aliphatic rings. The standard InChI is InChI=1S/C31H30N4O5S3/c1-3-26(30(39)35-31-33-22(19-42-31)17-27(36)40-4-2)43-24-13-8-12-21(16-24)32-29(38)25(18-23-14-9-15-41-23)34-28(37)20-10-6-5-7-11-20/h5-16,18-19,26H,3-4,17H2,1-2H3,(H,32,38)(H,34,37)(H,33,35,39)/b25-18-. The highest BCUT2D eigenvalue weighted by Crippen LogP contribution is 2.29. The van der Waals surface area contributed by atoms with Crippen LogP contribution in [-0.2, 0) is 25.5 Å². The zero-order valence-electron chi connectivity index (χ0n) is 23.5. The van der Waals surface area contributed by atoms with Crippen LogP contribution in [0.4, 0.5) is 10.8 Å². The number of nitrogens with zero attached hydrogens (tertiary/aromatic N) is 1. The highest BCUT2D eigenvalue weighted by Gasteiger charge is 2.21. The topological polar surface area (TPSA) is 126 Å². The number of amides is 3. The fourth-order valence-electron chi connectivity index (χ4n) is 3.78. The lowest BCUT2D eigenvalue weighted by Crippen LogP contribution is -2.30. The van der Waals surface area contributed by atoms with Crippen LogP contribution in [0.25, 0.3) is 6.08 Å². The number of rotatable bonds is 13. The van der Waals surface area contributed by atoms with Gasteiger partial charge in [0.15, 0.2) is 5.13 Å². The smallest absolute Gasteiger partial charge is 0.311 e. The van der Waals surface area contributed by atoms with Crippen molar-refractivity contribution in [3.63, 3.8) is 0 Å². The number of thioether (sulfide) groups is 1. The van der Waals surface area contributed by atoms with Gasteiger partial charge in [0.2, 0.25) is 5.91 Å². The minimum absolute atomic E-state index is 0.0465. The molecule has 222 valence electrons. The molecule has 2 heterocycles. The van der Waals surface area contributed by atoms with E-state index in [0.717, 1.165) is 9.77 Å². The van der Waals surface area contributed by atoms with Crippen LogP contribution in [0.15, 0.2) is 88.1 Å². The summed E-state index contributed by atoms with van der Waals surface area (Å²) < 4.78 is 4.95. The number of hydrogen-bond acceptors (Lipinski definition) is 9. The van der Waals surface area contributed by atoms with Crippen LogP contribution in [0.5, 0.6) is 0 Å². The largest absolute Gasteiger partial charge is 0.466 e. The molecule has 43 heavy (non-hydrogen) atoms. The van der Waals surface area contributed by atoms with E-state index in [1.54, 1.807) is 60.8 Å². The van der Waals surface area contributed by atoms with Gasteiger partial charge in [0.25, 0.3) is 11.8 Å². The Kier molecular flexibility index (Phi) is 11.7. The van der Waals surface area contributed by atoms with E-state index in [1.807, 2.05) is 36.6 Å². The average molecular weight is 635 g/mol. The summed E-state index contributed by atoms with van der Waals surface area (Å²) in [5.74, 6) is -1.46. The number of carbonyl (C=O) groups excluding carboxylic acids is 4. The Hall–Kier alpha value is -4.26. The van der Waals surface area contributed by atoms with Crippen LogP contribution < -0.4 is 16.0 Å². The third-order valence-corrected chi connectivity index (χ3v) is 8.79. The van der Waals surface area contributed by atoms with Gasteiger partial charge in [-0.3, -0.25) is 19.2 Å². The van der Waals surface area contributed by atoms with Crippen molar-refractivity contribution < 1.29 is 23.9 Å². The Morgan fingerprint density at radius 3 is 2.51 bits per heavy atom. The van der Waals surface area contributed by atoms with E-state index in [-0.39, 0.29) is 24.0 Å². The Balaban J connectivity index is 1.41. The zero-order valence-corrected chi connectivity index (χ0v) is 25.9. The van der Waals surface area contributed by atoms with E-state index in [4.69, 9.17) is 4.74 Å². The van der Waals surface area contributed by atoms with Gasteiger partial charge in [-0.1, -0.05) is 37.3 Å². The minimum atomic E-state index is -0.480. The summed E-state index contributed by atoms with van der Waals surface area (Å²) in [6.45, 7) is 3.95. The molecule has 3 N–H and O–H groups in total. The summed E-state index contributed by atoms with van der Waals surface area (Å²) in [6.07, 6.45) is 2.23. The van der Waals surface area contributed by atoms with Gasteiger partial charge in [0.05, 0.1) is 24.0 Å². The first-order valence-electron chi connectivity index (χ1n) is 13.4. The summed E-state index contributed by atoms with van der Waals surface area (Å²) >= 11 is 4.05. The van der Waals surface area contributed by atoms with E-state index in [9.17, 15) is 19.2 Å². The molecule has 0 aliphatic heterocycles. The van der Waals surface area contributed by atoms with Gasteiger partial charge in [-0.25, -0.2) is 4.98 Å². The maximum atomic E-state index is 13.3. The molecule has 4 rings (SSSR count). The van der Waals surface area contributed by atoms with Crippen LogP contribution in [0, 0.1) is 0 Å². The summed E-state index contributed by atoms with van der Waals surface area (Å²) in [5, 5.41) is 12.0. The molecule has 1 atom stereocenters. The van der Waals surface area contributed by atoms with Crippen molar-refractivity contribution in [1.82, 2.24) is 10.3 Å². The quantitative estimate of drug-likeness (QED) is 0.0904. The van der Waals surface area contributed by atoms with E-state index < -0.39 is 17.1 Å². The second kappa shape index (κ2) is 15.8. The summed E-state index contributed by atoms with van der Waals surface area (Å²) in [5.41, 5.74) is 1.59. The highest BCUT2D eigenvalue weighted by atomic mass is 32.2. The number of carbonyl (C=O) groups is 4. The molecule has 2 aromatic carbocycles. The SMILES string of the molecule is CCOC(=O)Cc1csc(NC(=O)C(CC)Sc2cccc(NC(=O)/C(=C/c3cccs3)NC(=O)c3ccccc3)c2)n1. The van der Waals surface area contributed by atoms with Crippen molar-refractivity contribution in [2.24, 2.45) is 0 Å². The number of hydrogen-bond donors (Lipinski definition) is 3. The molecule has 9 nitrogen and oxygen atoms in total. The number of nitrogens with one attached hydrogen (secondary N) is 3. The fourth-order valence-corrected chi connectivity index (χ4v) is 6.17. The van der Waals surface area contributed by atoms with Crippen molar-refractivity contribution in [2.45, 2.75) is 36.8 Å². The van der Waals surface area contributed by atoms with Crippen LogP contribution in [0.2, 0.25) is 0 Å². The first kappa shape index (κ1) is 31.7. The van der Waals surface area contributed by atoms with Gasteiger partial charge >= 0.3 is 5.97 Å². The molecule has 0 bridgehead atoms. The van der Waals surface area contributed by atoms with Crippen LogP contribution in [-0.4, -0.2) is 40.5 Å². The molecule has 0 fully saturated rings. The lowest BCUT2D eigenvalue weighted by molar-refractivity contribution is -0.142. The Morgan fingerprint density at radius 2 is 1.79 bits per heavy atom. The van der Waals surface area contributed by atoms with Crippen molar-refractivity contribution in [1.29, 1.82) is 0 Å². The van der Waals surface area contributed by atoms with Gasteiger partial charge < -0.3 is 20.7 Å². The maximum Gasteiger partial charge on any atom is 0.311 e. The number of thiophene rings is 1. The highest BCUT2D eigenvalue weighted by molar-refractivity contribution is 8.00. The van der Waals surface area contributed by atoms with E-state index in [0.29, 0.717) is 35.1 Å². The normalized spacial score (nSPS) is 11.8.